The van der Waals surface area contributed by atoms with Crippen molar-refractivity contribution < 1.29 is 49.6 Å². The molecule has 2 aliphatic rings. The van der Waals surface area contributed by atoms with Crippen LogP contribution in [0.2, 0.25) is 0 Å². The minimum absolute atomic E-state index is 0.174. The van der Waals surface area contributed by atoms with Crippen LogP contribution in [-0.4, -0.2) is 112 Å². The van der Waals surface area contributed by atoms with Crippen molar-refractivity contribution in [2.24, 2.45) is 5.73 Å². The van der Waals surface area contributed by atoms with E-state index in [1.807, 2.05) is 0 Å². The van der Waals surface area contributed by atoms with E-state index >= 15 is 0 Å². The summed E-state index contributed by atoms with van der Waals surface area (Å²) in [7, 11) is 0. The molecule has 0 radical (unpaired) electrons. The zero-order chi connectivity index (χ0) is 19.4. The molecular formula is C15H29NO10. The highest BCUT2D eigenvalue weighted by molar-refractivity contribution is 4.93. The average molecular weight is 383 g/mol. The molecule has 2 aliphatic heterocycles. The molecule has 26 heavy (non-hydrogen) atoms. The van der Waals surface area contributed by atoms with Gasteiger partial charge in [-0.1, -0.05) is 0 Å². The second-order valence-electron chi connectivity index (χ2n) is 6.50. The molecule has 10 atom stereocenters. The van der Waals surface area contributed by atoms with Gasteiger partial charge in [-0.25, -0.2) is 0 Å². The van der Waals surface area contributed by atoms with Crippen LogP contribution in [0.4, 0.5) is 0 Å². The lowest BCUT2D eigenvalue weighted by molar-refractivity contribution is -0.364. The second kappa shape index (κ2) is 9.66. The molecule has 0 bridgehead atoms. The summed E-state index contributed by atoms with van der Waals surface area (Å²) in [5.74, 6) is 0. The van der Waals surface area contributed by atoms with Gasteiger partial charge in [0.2, 0.25) is 0 Å². The summed E-state index contributed by atoms with van der Waals surface area (Å²) < 4.78 is 21.8. The molecule has 2 heterocycles. The Balaban J connectivity index is 2.11. The van der Waals surface area contributed by atoms with Crippen LogP contribution in [0.25, 0.3) is 0 Å². The van der Waals surface area contributed by atoms with Gasteiger partial charge in [0.25, 0.3) is 0 Å². The van der Waals surface area contributed by atoms with Crippen molar-refractivity contribution in [3.63, 3.8) is 0 Å². The van der Waals surface area contributed by atoms with Gasteiger partial charge in [-0.15, -0.1) is 0 Å². The molecule has 2 saturated heterocycles. The van der Waals surface area contributed by atoms with Crippen LogP contribution in [0.3, 0.4) is 0 Å². The third kappa shape index (κ3) is 4.69. The van der Waals surface area contributed by atoms with Gasteiger partial charge < -0.3 is 55.3 Å². The third-order valence-corrected chi connectivity index (χ3v) is 4.55. The Morgan fingerprint density at radius 2 is 1.58 bits per heavy atom. The first-order valence-corrected chi connectivity index (χ1v) is 8.61. The lowest BCUT2D eigenvalue weighted by Crippen LogP contribution is -2.64. The molecule has 0 aromatic heterocycles. The molecule has 11 heteroatoms. The predicted molar refractivity (Wildman–Crippen MR) is 84.6 cm³/mol. The van der Waals surface area contributed by atoms with Gasteiger partial charge >= 0.3 is 0 Å². The van der Waals surface area contributed by atoms with Crippen LogP contribution in [0, 0.1) is 0 Å². The van der Waals surface area contributed by atoms with Gasteiger partial charge in [-0.2, -0.15) is 0 Å². The van der Waals surface area contributed by atoms with E-state index in [4.69, 9.17) is 24.7 Å². The highest BCUT2D eigenvalue weighted by Crippen LogP contribution is 2.29. The summed E-state index contributed by atoms with van der Waals surface area (Å²) >= 11 is 0. The number of hydrogen-bond acceptors (Lipinski definition) is 11. The molecule has 8 N–H and O–H groups in total. The molecule has 0 amide bonds. The van der Waals surface area contributed by atoms with E-state index in [1.165, 1.54) is 6.92 Å². The molecule has 154 valence electrons. The van der Waals surface area contributed by atoms with Crippen LogP contribution >= 0.6 is 0 Å². The summed E-state index contributed by atoms with van der Waals surface area (Å²) in [6, 6.07) is 0. The first kappa shape index (κ1) is 21.9. The molecule has 0 aromatic carbocycles. The van der Waals surface area contributed by atoms with Crippen molar-refractivity contribution in [3.8, 4) is 0 Å². The molecule has 2 fully saturated rings. The molecule has 11 nitrogen and oxygen atoms in total. The Morgan fingerprint density at radius 1 is 0.885 bits per heavy atom. The van der Waals surface area contributed by atoms with Crippen molar-refractivity contribution >= 4 is 0 Å². The maximum Gasteiger partial charge on any atom is 0.187 e. The number of nitrogens with two attached hydrogens (primary N) is 1. The summed E-state index contributed by atoms with van der Waals surface area (Å²) in [5.41, 5.74) is 5.41. The van der Waals surface area contributed by atoms with Gasteiger partial charge in [-0.05, 0) is 19.9 Å². The molecule has 0 aromatic rings. The van der Waals surface area contributed by atoms with Gasteiger partial charge in [0.15, 0.2) is 12.6 Å². The SMILES string of the molecule is CC1OC(OC2C(OCCCN)OC(CO)C(O)C2O)C(O)C(O)C1O. The van der Waals surface area contributed by atoms with Crippen molar-refractivity contribution in [1.82, 2.24) is 0 Å². The Morgan fingerprint density at radius 3 is 2.19 bits per heavy atom. The standard InChI is InChI=1S/C15H29NO10/c1-6-8(18)10(20)12(22)14(24-6)26-13-11(21)9(19)7(5-17)25-15(13)23-4-2-3-16/h6-15,17-22H,2-5,16H2,1H3. The number of ether oxygens (including phenoxy) is 4. The smallest absolute Gasteiger partial charge is 0.187 e. The number of hydrogen-bond donors (Lipinski definition) is 7. The van der Waals surface area contributed by atoms with Gasteiger partial charge in [0.05, 0.1) is 19.3 Å². The molecular weight excluding hydrogens is 354 g/mol. The van der Waals surface area contributed by atoms with E-state index in [9.17, 15) is 30.6 Å². The first-order chi connectivity index (χ1) is 12.3. The fourth-order valence-electron chi connectivity index (χ4n) is 2.90. The lowest BCUT2D eigenvalue weighted by atomic mass is 9.97. The molecule has 0 spiro atoms. The summed E-state index contributed by atoms with van der Waals surface area (Å²) in [5, 5.41) is 59.3. The van der Waals surface area contributed by atoms with Crippen molar-refractivity contribution in [2.75, 3.05) is 19.8 Å². The zero-order valence-electron chi connectivity index (χ0n) is 14.5. The lowest BCUT2D eigenvalue weighted by Gasteiger charge is -2.45. The minimum atomic E-state index is -1.59. The molecule has 10 unspecified atom stereocenters. The predicted octanol–water partition coefficient (Wildman–Crippen LogP) is -4.00. The molecule has 2 rings (SSSR count). The van der Waals surface area contributed by atoms with E-state index in [0.29, 0.717) is 13.0 Å². The maximum absolute atomic E-state index is 10.3. The summed E-state index contributed by atoms with van der Waals surface area (Å²) in [6.45, 7) is 1.47. The van der Waals surface area contributed by atoms with E-state index in [-0.39, 0.29) is 6.61 Å². The quantitative estimate of drug-likeness (QED) is 0.213. The Bertz CT molecular complexity index is 429. The monoisotopic (exact) mass is 383 g/mol. The Kier molecular flexibility index (Phi) is 8.12. The van der Waals surface area contributed by atoms with Crippen molar-refractivity contribution in [2.45, 2.75) is 74.8 Å². The number of aliphatic hydroxyl groups excluding tert-OH is 6. The highest BCUT2D eigenvalue weighted by atomic mass is 16.8. The van der Waals surface area contributed by atoms with Crippen LogP contribution in [0.15, 0.2) is 0 Å². The fraction of sp³-hybridized carbons (Fsp3) is 1.00. The summed E-state index contributed by atoms with van der Waals surface area (Å²) in [4.78, 5) is 0. The second-order valence-corrected chi connectivity index (χ2v) is 6.50. The maximum atomic E-state index is 10.3. The normalized spacial score (nSPS) is 47.1. The highest BCUT2D eigenvalue weighted by Gasteiger charge is 2.50. The summed E-state index contributed by atoms with van der Waals surface area (Å²) in [6.07, 6.45) is -12.7. The first-order valence-electron chi connectivity index (χ1n) is 8.61. The number of aliphatic hydroxyl groups is 6. The van der Waals surface area contributed by atoms with E-state index in [0.717, 1.165) is 0 Å². The van der Waals surface area contributed by atoms with E-state index in [2.05, 4.69) is 0 Å². The Labute approximate surface area is 150 Å². The van der Waals surface area contributed by atoms with Gasteiger partial charge in [0, 0.05) is 0 Å². The van der Waals surface area contributed by atoms with E-state index < -0.39 is 68.0 Å². The van der Waals surface area contributed by atoms with Gasteiger partial charge in [0.1, 0.15) is 42.7 Å². The van der Waals surface area contributed by atoms with Crippen molar-refractivity contribution in [1.29, 1.82) is 0 Å². The van der Waals surface area contributed by atoms with Crippen LogP contribution in [-0.2, 0) is 18.9 Å². The topological polar surface area (TPSA) is 184 Å². The largest absolute Gasteiger partial charge is 0.394 e. The molecule has 0 saturated carbocycles. The average Bonchev–Trinajstić information content (AvgIpc) is 2.63. The van der Waals surface area contributed by atoms with Crippen molar-refractivity contribution in [3.05, 3.63) is 0 Å². The van der Waals surface area contributed by atoms with Crippen LogP contribution in [0.5, 0.6) is 0 Å². The molecule has 0 aliphatic carbocycles. The number of rotatable bonds is 7. The zero-order valence-corrected chi connectivity index (χ0v) is 14.5. The fourth-order valence-corrected chi connectivity index (χ4v) is 2.90. The third-order valence-electron chi connectivity index (χ3n) is 4.55. The minimum Gasteiger partial charge on any atom is -0.394 e. The van der Waals surface area contributed by atoms with E-state index in [1.54, 1.807) is 0 Å². The van der Waals surface area contributed by atoms with Crippen LogP contribution < -0.4 is 5.73 Å². The Hall–Kier alpha value is -0.440. The van der Waals surface area contributed by atoms with Crippen LogP contribution in [0.1, 0.15) is 13.3 Å². The van der Waals surface area contributed by atoms with Gasteiger partial charge in [-0.3, -0.25) is 0 Å².